The summed E-state index contributed by atoms with van der Waals surface area (Å²) < 4.78 is 0. The maximum atomic E-state index is 11.6. The van der Waals surface area contributed by atoms with Crippen LogP contribution in [0.25, 0.3) is 0 Å². The van der Waals surface area contributed by atoms with Crippen LogP contribution in [0.3, 0.4) is 0 Å². The monoisotopic (exact) mass is 276 g/mol. The van der Waals surface area contributed by atoms with Crippen molar-refractivity contribution < 1.29 is 4.79 Å². The van der Waals surface area contributed by atoms with Crippen molar-refractivity contribution in [2.24, 2.45) is 0 Å². The third-order valence-corrected chi connectivity index (χ3v) is 3.29. The third-order valence-electron chi connectivity index (χ3n) is 2.89. The maximum absolute atomic E-state index is 11.6. The molecule has 0 radical (unpaired) electrons. The number of hydrogen-bond acceptors (Lipinski definition) is 2. The van der Waals surface area contributed by atoms with E-state index in [2.05, 4.69) is 41.6 Å². The summed E-state index contributed by atoms with van der Waals surface area (Å²) in [4.78, 5) is 16.0. The SMILES string of the molecule is CC(C)(C)N1CCN(C(=O)CCBr)CC1. The zero-order valence-corrected chi connectivity index (χ0v) is 11.5. The largest absolute Gasteiger partial charge is 0.340 e. The third kappa shape index (κ3) is 3.76. The molecule has 0 aromatic carbocycles. The van der Waals surface area contributed by atoms with Crippen molar-refractivity contribution in [1.82, 2.24) is 9.80 Å². The molecule has 1 rings (SSSR count). The van der Waals surface area contributed by atoms with Crippen LogP contribution in [0, 0.1) is 0 Å². The summed E-state index contributed by atoms with van der Waals surface area (Å²) in [6.07, 6.45) is 0.621. The van der Waals surface area contributed by atoms with Crippen LogP contribution < -0.4 is 0 Å². The molecular weight excluding hydrogens is 256 g/mol. The summed E-state index contributed by atoms with van der Waals surface area (Å²) in [6.45, 7) is 10.4. The maximum Gasteiger partial charge on any atom is 0.223 e. The molecule has 1 heterocycles. The molecule has 1 fully saturated rings. The van der Waals surface area contributed by atoms with Gasteiger partial charge in [0.2, 0.25) is 5.91 Å². The smallest absolute Gasteiger partial charge is 0.223 e. The number of hydrogen-bond donors (Lipinski definition) is 0. The Hall–Kier alpha value is -0.0900. The van der Waals surface area contributed by atoms with Gasteiger partial charge in [0.25, 0.3) is 0 Å². The van der Waals surface area contributed by atoms with Crippen LogP contribution in [0.15, 0.2) is 0 Å². The Kier molecular flexibility index (Phi) is 4.59. The molecule has 4 heteroatoms. The van der Waals surface area contributed by atoms with Crippen molar-refractivity contribution in [3.63, 3.8) is 0 Å². The van der Waals surface area contributed by atoms with Gasteiger partial charge in [-0.15, -0.1) is 0 Å². The Morgan fingerprint density at radius 2 is 1.73 bits per heavy atom. The standard InChI is InChI=1S/C11H21BrN2O/c1-11(2,3)14-8-6-13(7-9-14)10(15)4-5-12/h4-9H2,1-3H3. The first kappa shape index (κ1) is 13.0. The van der Waals surface area contributed by atoms with E-state index in [1.165, 1.54) is 0 Å². The summed E-state index contributed by atoms with van der Waals surface area (Å²) >= 11 is 3.30. The Morgan fingerprint density at radius 1 is 1.20 bits per heavy atom. The quantitative estimate of drug-likeness (QED) is 0.717. The van der Waals surface area contributed by atoms with Crippen molar-refractivity contribution in [3.05, 3.63) is 0 Å². The first-order valence-corrected chi connectivity index (χ1v) is 6.66. The molecule has 0 atom stereocenters. The van der Waals surface area contributed by atoms with Crippen LogP contribution in [0.1, 0.15) is 27.2 Å². The first-order valence-electron chi connectivity index (χ1n) is 5.54. The average molecular weight is 277 g/mol. The van der Waals surface area contributed by atoms with Gasteiger partial charge >= 0.3 is 0 Å². The Morgan fingerprint density at radius 3 is 2.13 bits per heavy atom. The molecule has 88 valence electrons. The molecule has 0 spiro atoms. The van der Waals surface area contributed by atoms with Crippen LogP contribution in [-0.2, 0) is 4.79 Å². The minimum absolute atomic E-state index is 0.227. The van der Waals surface area contributed by atoms with Gasteiger partial charge in [-0.1, -0.05) is 15.9 Å². The number of halogens is 1. The van der Waals surface area contributed by atoms with E-state index in [0.29, 0.717) is 6.42 Å². The van der Waals surface area contributed by atoms with Crippen LogP contribution >= 0.6 is 15.9 Å². The van der Waals surface area contributed by atoms with E-state index in [-0.39, 0.29) is 11.4 Å². The molecule has 0 aromatic rings. The highest BCUT2D eigenvalue weighted by atomic mass is 79.9. The molecule has 15 heavy (non-hydrogen) atoms. The van der Waals surface area contributed by atoms with Crippen molar-refractivity contribution in [2.75, 3.05) is 31.5 Å². The molecule has 1 aliphatic heterocycles. The van der Waals surface area contributed by atoms with Gasteiger partial charge in [-0.25, -0.2) is 0 Å². The number of carbonyl (C=O) groups excluding carboxylic acids is 1. The van der Waals surface area contributed by atoms with Gasteiger partial charge in [-0.2, -0.15) is 0 Å². The lowest BCUT2D eigenvalue weighted by atomic mass is 10.0. The second-order valence-electron chi connectivity index (χ2n) is 4.98. The summed E-state index contributed by atoms with van der Waals surface area (Å²) in [7, 11) is 0. The summed E-state index contributed by atoms with van der Waals surface area (Å²) in [5.74, 6) is 0.278. The molecule has 3 nitrogen and oxygen atoms in total. The number of carbonyl (C=O) groups is 1. The number of amides is 1. The lowest BCUT2D eigenvalue weighted by molar-refractivity contribution is -0.133. The number of piperazine rings is 1. The van der Waals surface area contributed by atoms with Crippen LogP contribution in [0.5, 0.6) is 0 Å². The van der Waals surface area contributed by atoms with Crippen molar-refractivity contribution in [2.45, 2.75) is 32.7 Å². The number of nitrogens with zero attached hydrogens (tertiary/aromatic N) is 2. The van der Waals surface area contributed by atoms with E-state index in [4.69, 9.17) is 0 Å². The Bertz CT molecular complexity index is 217. The fourth-order valence-electron chi connectivity index (χ4n) is 1.87. The molecule has 0 bridgehead atoms. The first-order chi connectivity index (χ1) is 6.95. The molecule has 1 aliphatic rings. The molecular formula is C11H21BrN2O. The van der Waals surface area contributed by atoms with E-state index in [1.807, 2.05) is 4.90 Å². The van der Waals surface area contributed by atoms with Gasteiger partial charge in [0.15, 0.2) is 0 Å². The Labute approximate surface area is 101 Å². The molecule has 1 amide bonds. The summed E-state index contributed by atoms with van der Waals surface area (Å²) in [5, 5.41) is 0.769. The van der Waals surface area contributed by atoms with Gasteiger partial charge in [0.05, 0.1) is 0 Å². The van der Waals surface area contributed by atoms with E-state index >= 15 is 0 Å². The lowest BCUT2D eigenvalue weighted by Gasteiger charge is -2.42. The van der Waals surface area contributed by atoms with E-state index in [9.17, 15) is 4.79 Å². The second-order valence-corrected chi connectivity index (χ2v) is 5.77. The fraction of sp³-hybridized carbons (Fsp3) is 0.909. The summed E-state index contributed by atoms with van der Waals surface area (Å²) in [5.41, 5.74) is 0.227. The number of rotatable bonds is 2. The average Bonchev–Trinajstić information content (AvgIpc) is 2.17. The fourth-order valence-corrected chi connectivity index (χ4v) is 2.20. The minimum atomic E-state index is 0.227. The van der Waals surface area contributed by atoms with Crippen LogP contribution in [0.4, 0.5) is 0 Å². The predicted molar refractivity (Wildman–Crippen MR) is 66.3 cm³/mol. The molecule has 0 aliphatic carbocycles. The summed E-state index contributed by atoms with van der Waals surface area (Å²) in [6, 6.07) is 0. The zero-order valence-electron chi connectivity index (χ0n) is 9.92. The highest BCUT2D eigenvalue weighted by Gasteiger charge is 2.27. The predicted octanol–water partition coefficient (Wildman–Crippen LogP) is 1.71. The molecule has 0 N–H and O–H groups in total. The van der Waals surface area contributed by atoms with Crippen molar-refractivity contribution >= 4 is 21.8 Å². The van der Waals surface area contributed by atoms with E-state index in [0.717, 1.165) is 31.5 Å². The molecule has 0 saturated carbocycles. The molecule has 0 aromatic heterocycles. The highest BCUT2D eigenvalue weighted by molar-refractivity contribution is 9.09. The topological polar surface area (TPSA) is 23.6 Å². The molecule has 0 unspecified atom stereocenters. The van der Waals surface area contributed by atoms with Gasteiger partial charge in [0, 0.05) is 43.5 Å². The lowest BCUT2D eigenvalue weighted by Crippen LogP contribution is -2.54. The normalized spacial score (nSPS) is 19.3. The van der Waals surface area contributed by atoms with Gasteiger partial charge in [-0.3, -0.25) is 9.69 Å². The van der Waals surface area contributed by atoms with E-state index < -0.39 is 0 Å². The highest BCUT2D eigenvalue weighted by Crippen LogP contribution is 2.16. The minimum Gasteiger partial charge on any atom is -0.340 e. The van der Waals surface area contributed by atoms with Crippen molar-refractivity contribution in [3.8, 4) is 0 Å². The van der Waals surface area contributed by atoms with Gasteiger partial charge in [-0.05, 0) is 20.8 Å². The van der Waals surface area contributed by atoms with Crippen LogP contribution in [0.2, 0.25) is 0 Å². The van der Waals surface area contributed by atoms with Gasteiger partial charge < -0.3 is 4.90 Å². The second kappa shape index (κ2) is 5.30. The zero-order chi connectivity index (χ0) is 11.5. The van der Waals surface area contributed by atoms with Crippen molar-refractivity contribution in [1.29, 1.82) is 0 Å². The Balaban J connectivity index is 2.39. The number of alkyl halides is 1. The van der Waals surface area contributed by atoms with Crippen LogP contribution in [-0.4, -0.2) is 52.8 Å². The van der Waals surface area contributed by atoms with E-state index in [1.54, 1.807) is 0 Å². The van der Waals surface area contributed by atoms with Gasteiger partial charge in [0.1, 0.15) is 0 Å². The molecule has 1 saturated heterocycles.